The monoisotopic (exact) mass is 411 g/mol. The van der Waals surface area contributed by atoms with Crippen molar-refractivity contribution < 1.29 is 5.11 Å². The van der Waals surface area contributed by atoms with Crippen LogP contribution in [0.15, 0.2) is 29.3 Å². The summed E-state index contributed by atoms with van der Waals surface area (Å²) in [5.41, 5.74) is 2.80. The number of rotatable bonds is 6. The van der Waals surface area contributed by atoms with Gasteiger partial charge in [-0.25, -0.2) is 9.67 Å². The molecule has 8 heteroatoms. The summed E-state index contributed by atoms with van der Waals surface area (Å²) < 4.78 is 1.99. The van der Waals surface area contributed by atoms with Crippen molar-refractivity contribution in [3.05, 3.63) is 47.0 Å². The number of hydrogen-bond acceptors (Lipinski definition) is 5. The van der Waals surface area contributed by atoms with Gasteiger partial charge in [-0.05, 0) is 37.8 Å². The van der Waals surface area contributed by atoms with E-state index >= 15 is 0 Å². The zero-order chi connectivity index (χ0) is 20.9. The molecule has 0 aliphatic carbocycles. The van der Waals surface area contributed by atoms with Gasteiger partial charge in [0.15, 0.2) is 5.96 Å². The number of aliphatic hydroxyl groups excluding tert-OH is 1. The van der Waals surface area contributed by atoms with Gasteiger partial charge in [-0.2, -0.15) is 5.10 Å². The van der Waals surface area contributed by atoms with Crippen LogP contribution in [0.5, 0.6) is 0 Å². The minimum atomic E-state index is -0.485. The lowest BCUT2D eigenvalue weighted by Crippen LogP contribution is -2.47. The van der Waals surface area contributed by atoms with Gasteiger partial charge in [0, 0.05) is 38.6 Å². The summed E-state index contributed by atoms with van der Waals surface area (Å²) in [6.07, 6.45) is 2.47. The Morgan fingerprint density at radius 1 is 1.30 bits per heavy atom. The number of aliphatic imine (C=N–C) groups is 1. The molecule has 4 rings (SSSR count). The number of aromatic nitrogens is 3. The number of nitrogens with zero attached hydrogens (tertiary/aromatic N) is 5. The van der Waals surface area contributed by atoms with Gasteiger partial charge in [0.25, 0.3) is 0 Å². The molecule has 3 heterocycles. The summed E-state index contributed by atoms with van der Waals surface area (Å²) in [5, 5.41) is 21.9. The fourth-order valence-electron chi connectivity index (χ4n) is 4.33. The quantitative estimate of drug-likeness (QED) is 0.483. The van der Waals surface area contributed by atoms with Gasteiger partial charge in [0.2, 0.25) is 0 Å². The van der Waals surface area contributed by atoms with Crippen molar-refractivity contribution in [3.63, 3.8) is 0 Å². The van der Waals surface area contributed by atoms with Gasteiger partial charge < -0.3 is 15.7 Å². The van der Waals surface area contributed by atoms with E-state index in [2.05, 4.69) is 61.8 Å². The first-order valence-electron chi connectivity index (χ1n) is 11.0. The molecule has 0 spiro atoms. The predicted octanol–water partition coefficient (Wildman–Crippen LogP) is 0.876. The SMILES string of the molecule is CCNC(=NCC(O)CN1CCc2ccccc2C1)NC1CCc2nc(C)nn2C1. The van der Waals surface area contributed by atoms with Crippen LogP contribution in [0.2, 0.25) is 0 Å². The van der Waals surface area contributed by atoms with Gasteiger partial charge in [-0.1, -0.05) is 24.3 Å². The van der Waals surface area contributed by atoms with Crippen molar-refractivity contribution in [2.45, 2.75) is 58.3 Å². The van der Waals surface area contributed by atoms with E-state index in [0.717, 1.165) is 63.0 Å². The molecular formula is C22H33N7O. The third-order valence-electron chi connectivity index (χ3n) is 5.79. The van der Waals surface area contributed by atoms with Crippen LogP contribution in [0, 0.1) is 6.92 Å². The molecule has 3 N–H and O–H groups in total. The Balaban J connectivity index is 1.29. The number of benzene rings is 1. The number of fused-ring (bicyclic) bond motifs is 2. The molecule has 0 saturated carbocycles. The lowest BCUT2D eigenvalue weighted by molar-refractivity contribution is 0.111. The van der Waals surface area contributed by atoms with Crippen LogP contribution in [0.25, 0.3) is 0 Å². The summed E-state index contributed by atoms with van der Waals surface area (Å²) in [6, 6.07) is 8.84. The maximum atomic E-state index is 10.6. The minimum Gasteiger partial charge on any atom is -0.390 e. The van der Waals surface area contributed by atoms with Crippen molar-refractivity contribution in [1.29, 1.82) is 0 Å². The van der Waals surface area contributed by atoms with E-state index in [0.29, 0.717) is 13.1 Å². The van der Waals surface area contributed by atoms with Crippen molar-refractivity contribution in [2.75, 3.05) is 26.2 Å². The fourth-order valence-corrected chi connectivity index (χ4v) is 4.33. The van der Waals surface area contributed by atoms with Crippen LogP contribution < -0.4 is 10.6 Å². The Labute approximate surface area is 178 Å². The van der Waals surface area contributed by atoms with E-state index in [4.69, 9.17) is 0 Å². The number of aliphatic hydroxyl groups is 1. The molecule has 2 unspecified atom stereocenters. The molecule has 0 radical (unpaired) electrons. The van der Waals surface area contributed by atoms with Crippen LogP contribution in [-0.2, 0) is 25.9 Å². The molecule has 30 heavy (non-hydrogen) atoms. The molecule has 0 fully saturated rings. The lowest BCUT2D eigenvalue weighted by Gasteiger charge is -2.30. The van der Waals surface area contributed by atoms with Crippen LogP contribution in [-0.4, -0.2) is 69.1 Å². The molecule has 1 aromatic carbocycles. The average molecular weight is 412 g/mol. The molecule has 0 bridgehead atoms. The Bertz CT molecular complexity index is 878. The van der Waals surface area contributed by atoms with Crippen molar-refractivity contribution >= 4 is 5.96 Å². The first-order chi connectivity index (χ1) is 14.6. The largest absolute Gasteiger partial charge is 0.390 e. The molecule has 2 atom stereocenters. The Morgan fingerprint density at radius 3 is 2.97 bits per heavy atom. The number of β-amino-alcohol motifs (C(OH)–C–C–N with tert-alkyl or cyclic N) is 1. The normalized spacial score (nSPS) is 20.4. The molecule has 2 aliphatic heterocycles. The van der Waals surface area contributed by atoms with Gasteiger partial charge in [-0.15, -0.1) is 0 Å². The summed E-state index contributed by atoms with van der Waals surface area (Å²) in [5.74, 6) is 2.64. The van der Waals surface area contributed by atoms with E-state index in [1.165, 1.54) is 11.1 Å². The summed E-state index contributed by atoms with van der Waals surface area (Å²) >= 11 is 0. The van der Waals surface area contributed by atoms with E-state index in [1.807, 2.05) is 11.6 Å². The molecule has 8 nitrogen and oxygen atoms in total. The van der Waals surface area contributed by atoms with Crippen LogP contribution in [0.3, 0.4) is 0 Å². The molecule has 2 aromatic rings. The lowest BCUT2D eigenvalue weighted by atomic mass is 10.00. The molecule has 0 amide bonds. The van der Waals surface area contributed by atoms with Crippen LogP contribution in [0.1, 0.15) is 36.1 Å². The van der Waals surface area contributed by atoms with Gasteiger partial charge in [0.05, 0.1) is 19.2 Å². The Hall–Kier alpha value is -2.45. The second-order valence-electron chi connectivity index (χ2n) is 8.26. The minimum absolute atomic E-state index is 0.257. The second-order valence-corrected chi connectivity index (χ2v) is 8.26. The summed E-state index contributed by atoms with van der Waals surface area (Å²) in [7, 11) is 0. The van der Waals surface area contributed by atoms with Crippen molar-refractivity contribution in [3.8, 4) is 0 Å². The third-order valence-corrected chi connectivity index (χ3v) is 5.79. The second kappa shape index (κ2) is 9.57. The van der Waals surface area contributed by atoms with Gasteiger partial charge in [0.1, 0.15) is 11.6 Å². The Kier molecular flexibility index (Phi) is 6.64. The number of hydrogen-bond donors (Lipinski definition) is 3. The first kappa shape index (κ1) is 20.8. The van der Waals surface area contributed by atoms with Gasteiger partial charge in [-0.3, -0.25) is 9.89 Å². The molecular weight excluding hydrogens is 378 g/mol. The molecule has 162 valence electrons. The number of aryl methyl sites for hydroxylation is 2. The van der Waals surface area contributed by atoms with E-state index < -0.39 is 6.10 Å². The van der Waals surface area contributed by atoms with E-state index in [9.17, 15) is 5.11 Å². The highest BCUT2D eigenvalue weighted by Gasteiger charge is 2.22. The topological polar surface area (TPSA) is 90.6 Å². The maximum absolute atomic E-state index is 10.6. The number of guanidine groups is 1. The van der Waals surface area contributed by atoms with Crippen LogP contribution in [0.4, 0.5) is 0 Å². The smallest absolute Gasteiger partial charge is 0.191 e. The number of nitrogens with one attached hydrogen (secondary N) is 2. The maximum Gasteiger partial charge on any atom is 0.191 e. The molecule has 0 saturated heterocycles. The molecule has 2 aliphatic rings. The Morgan fingerprint density at radius 2 is 2.13 bits per heavy atom. The van der Waals surface area contributed by atoms with E-state index in [1.54, 1.807) is 0 Å². The van der Waals surface area contributed by atoms with Crippen molar-refractivity contribution in [2.24, 2.45) is 4.99 Å². The fraction of sp³-hybridized carbons (Fsp3) is 0.591. The highest BCUT2D eigenvalue weighted by Crippen LogP contribution is 2.18. The van der Waals surface area contributed by atoms with Gasteiger partial charge >= 0.3 is 0 Å². The van der Waals surface area contributed by atoms with Crippen molar-refractivity contribution in [1.82, 2.24) is 30.3 Å². The zero-order valence-corrected chi connectivity index (χ0v) is 18.0. The summed E-state index contributed by atoms with van der Waals surface area (Å²) in [6.45, 7) is 8.46. The average Bonchev–Trinajstić information content (AvgIpc) is 3.11. The highest BCUT2D eigenvalue weighted by molar-refractivity contribution is 5.80. The zero-order valence-electron chi connectivity index (χ0n) is 18.0. The summed E-state index contributed by atoms with van der Waals surface area (Å²) in [4.78, 5) is 11.4. The predicted molar refractivity (Wildman–Crippen MR) is 117 cm³/mol. The van der Waals surface area contributed by atoms with E-state index in [-0.39, 0.29) is 6.04 Å². The third kappa shape index (κ3) is 5.17. The standard InChI is InChI=1S/C22H33N7O/c1-3-23-22(26-19-8-9-21-25-16(2)27-29(21)14-19)24-12-20(30)15-28-11-10-17-6-4-5-7-18(17)13-28/h4-7,19-20,30H,3,8-15H2,1-2H3,(H2,23,24,26). The molecule has 1 aromatic heterocycles. The highest BCUT2D eigenvalue weighted by atomic mass is 16.3. The first-order valence-corrected chi connectivity index (χ1v) is 11.0. The van der Waals surface area contributed by atoms with Crippen LogP contribution >= 0.6 is 0 Å².